The van der Waals surface area contributed by atoms with Crippen LogP contribution in [0.2, 0.25) is 0 Å². The zero-order valence-corrected chi connectivity index (χ0v) is 46.5. The van der Waals surface area contributed by atoms with Crippen molar-refractivity contribution < 1.29 is 57.3 Å². The van der Waals surface area contributed by atoms with E-state index in [9.17, 15) is 47.9 Å². The minimum Gasteiger partial charge on any atom is -0.486 e. The monoisotopic (exact) mass is 1150 g/mol. The van der Waals surface area contributed by atoms with Crippen LogP contribution < -0.4 is 9.47 Å². The molecule has 6 aromatic carbocycles. The van der Waals surface area contributed by atoms with Crippen molar-refractivity contribution in [3.05, 3.63) is 226 Å². The molecule has 0 atom stereocenters. The van der Waals surface area contributed by atoms with Gasteiger partial charge >= 0.3 is 0 Å². The molecule has 4 aliphatic carbocycles. The van der Waals surface area contributed by atoms with Crippen LogP contribution in [-0.4, -0.2) is 91.2 Å². The number of hydrogen-bond donors (Lipinski definition) is 5. The van der Waals surface area contributed by atoms with Gasteiger partial charge in [0.1, 0.15) is 105 Å². The number of Topliss-reactive ketones (excluding diaryl/α,β-unsaturated/α-hetero) is 8. The summed E-state index contributed by atoms with van der Waals surface area (Å²) in [6.45, 7) is 7.58. The Labute approximate surface area is 489 Å². The van der Waals surface area contributed by atoms with Gasteiger partial charge < -0.3 is 34.5 Å². The van der Waals surface area contributed by atoms with Gasteiger partial charge in [-0.1, -0.05) is 129 Å². The van der Waals surface area contributed by atoms with Crippen LogP contribution in [0.1, 0.15) is 153 Å². The molecule has 0 fully saturated rings. The number of H-pyrrole nitrogens is 4. The van der Waals surface area contributed by atoms with Crippen molar-refractivity contribution in [3.63, 3.8) is 0 Å². The van der Waals surface area contributed by atoms with E-state index in [2.05, 4.69) is 53.7 Å². The Morgan fingerprint density at radius 2 is 0.733 bits per heavy atom. The third-order valence-corrected chi connectivity index (χ3v) is 14.6. The highest BCUT2D eigenvalue weighted by molar-refractivity contribution is 6.54. The third-order valence-electron chi connectivity index (χ3n) is 14.6. The first-order valence-electron chi connectivity index (χ1n) is 27.3. The van der Waals surface area contributed by atoms with Crippen LogP contribution in [0.15, 0.2) is 152 Å². The van der Waals surface area contributed by atoms with Crippen molar-refractivity contribution in [1.29, 1.82) is 0 Å². The van der Waals surface area contributed by atoms with Gasteiger partial charge in [-0.15, -0.1) is 0 Å². The Morgan fingerprint density at radius 1 is 0.407 bits per heavy atom. The highest BCUT2D eigenvalue weighted by Crippen LogP contribution is 2.37. The summed E-state index contributed by atoms with van der Waals surface area (Å²) < 4.78 is 24.0. The maximum Gasteiger partial charge on any atom is 0.251 e. The van der Waals surface area contributed by atoms with E-state index in [1.807, 2.05) is 48.5 Å². The number of aliphatic hydroxyl groups is 1. The van der Waals surface area contributed by atoms with Crippen molar-refractivity contribution in [2.24, 2.45) is 0 Å². The van der Waals surface area contributed by atoms with Gasteiger partial charge in [-0.05, 0) is 63.1 Å². The molecule has 0 saturated carbocycles. The molecule has 0 saturated heterocycles. The van der Waals surface area contributed by atoms with Crippen LogP contribution in [0.25, 0.3) is 45.0 Å². The van der Waals surface area contributed by atoms with E-state index in [-0.39, 0.29) is 47.9 Å². The van der Waals surface area contributed by atoms with Crippen molar-refractivity contribution in [2.75, 3.05) is 0 Å². The molecule has 0 unspecified atom stereocenters. The molecule has 0 bridgehead atoms. The molecule has 428 valence electrons. The first-order valence-corrected chi connectivity index (χ1v) is 27.3. The number of aromatic amines is 4. The van der Waals surface area contributed by atoms with Crippen molar-refractivity contribution >= 4 is 46.3 Å². The van der Waals surface area contributed by atoms with Gasteiger partial charge in [0.15, 0.2) is 0 Å². The van der Waals surface area contributed by atoms with E-state index in [0.29, 0.717) is 90.6 Å². The third kappa shape index (κ3) is 10.8. The lowest BCUT2D eigenvalue weighted by Crippen LogP contribution is -2.21. The van der Waals surface area contributed by atoms with Crippen LogP contribution >= 0.6 is 0 Å². The second kappa shape index (κ2) is 23.3. The highest BCUT2D eigenvalue weighted by Gasteiger charge is 2.38. The summed E-state index contributed by atoms with van der Waals surface area (Å²) in [6.07, 6.45) is 1.90. The number of ether oxygens (including phenoxy) is 2. The number of carbonyl (C=O) groups excluding carboxylic acids is 8. The fraction of sp³-hybridized carbons (Fsp3) is 0.152. The van der Waals surface area contributed by atoms with Crippen LogP contribution in [0.3, 0.4) is 0 Å². The predicted molar refractivity (Wildman–Crippen MR) is 311 cm³/mol. The predicted octanol–water partition coefficient (Wildman–Crippen LogP) is 11.3. The van der Waals surface area contributed by atoms with Crippen molar-refractivity contribution in [1.82, 2.24) is 39.9 Å². The molecule has 0 amide bonds. The Morgan fingerprint density at radius 3 is 1.12 bits per heavy atom. The number of aromatic nitrogens is 8. The number of hydrogen-bond acceptors (Lipinski definition) is 15. The van der Waals surface area contributed by atoms with E-state index in [4.69, 9.17) is 9.47 Å². The summed E-state index contributed by atoms with van der Waals surface area (Å²) in [6, 6.07) is 42.8. The normalized spacial score (nSPS) is 13.2. The lowest BCUT2D eigenvalue weighted by atomic mass is 9.90. The second-order valence-corrected chi connectivity index (χ2v) is 20.7. The fourth-order valence-electron chi connectivity index (χ4n) is 10.2. The first kappa shape index (κ1) is 56.9. The number of carbonyl (C=O) groups is 8. The van der Waals surface area contributed by atoms with Gasteiger partial charge in [0, 0.05) is 50.4 Å². The maximum atomic E-state index is 12.9. The minimum atomic E-state index is -1.20. The lowest BCUT2D eigenvalue weighted by Gasteiger charge is -2.12. The first-order chi connectivity index (χ1) is 41.4. The Kier molecular flexibility index (Phi) is 15.4. The van der Waals surface area contributed by atoms with E-state index in [1.54, 1.807) is 92.7 Å². The van der Waals surface area contributed by atoms with Crippen LogP contribution in [-0.2, 0) is 18.8 Å². The van der Waals surface area contributed by atoms with Crippen LogP contribution in [0, 0.1) is 5.82 Å². The Hall–Kier alpha value is -11.0. The summed E-state index contributed by atoms with van der Waals surface area (Å²) in [5, 5.41) is 9.95. The number of ketones is 8. The molecule has 0 radical (unpaired) electrons. The van der Waals surface area contributed by atoms with E-state index >= 15 is 0 Å². The quantitative estimate of drug-likeness (QED) is 0.0796. The number of nitrogens with zero attached hydrogens (tertiary/aromatic N) is 4. The molecule has 86 heavy (non-hydrogen) atoms. The molecule has 4 aromatic heterocycles. The molecule has 0 aliphatic heterocycles. The zero-order valence-electron chi connectivity index (χ0n) is 46.5. The Bertz CT molecular complexity index is 4390. The Balaban J connectivity index is 0.000000120. The van der Waals surface area contributed by atoms with Crippen LogP contribution in [0.4, 0.5) is 4.39 Å². The summed E-state index contributed by atoms with van der Waals surface area (Å²) in [4.78, 5) is 126. The topological polar surface area (TPSA) is 290 Å². The molecular formula is C66H51FN8O11. The fourth-order valence-corrected chi connectivity index (χ4v) is 10.2. The smallest absolute Gasteiger partial charge is 0.251 e. The number of fused-ring (bicyclic) bond motifs is 12. The molecule has 0 spiro atoms. The molecule has 10 aromatic rings. The average Bonchev–Trinajstić information content (AvgIpc) is 2.28. The van der Waals surface area contributed by atoms with Crippen LogP contribution in [0.5, 0.6) is 11.5 Å². The number of para-hydroxylation sites is 1. The van der Waals surface area contributed by atoms with Gasteiger partial charge in [-0.25, -0.2) is 24.3 Å². The number of benzene rings is 6. The number of imidazole rings is 4. The minimum absolute atomic E-state index is 0.0717. The summed E-state index contributed by atoms with van der Waals surface area (Å²) in [5.41, 5.74) is 5.95. The number of nitrogens with one attached hydrogen (secondary N) is 4. The second-order valence-electron chi connectivity index (χ2n) is 20.7. The summed E-state index contributed by atoms with van der Waals surface area (Å²) in [5.74, 6) is -1.18. The van der Waals surface area contributed by atoms with Crippen molar-refractivity contribution in [2.45, 2.75) is 65.3 Å². The SMILES string of the molecule is CC(C)(O)c1nc2c([nH]1)C(=O)C(=O)c1ccccc1-2.CCC(CC)c1nc2c([nH]1)C(=O)C(=O)c1ccccc1-2.O=C1C(=O)c2[nH]c(COc3ccc(F)cc3)nc2-c2ccccc21.O=C1C(=O)c2[nH]c(COc3ccccc3)nc2-c2ccccc21. The summed E-state index contributed by atoms with van der Waals surface area (Å²) >= 11 is 0. The van der Waals surface area contributed by atoms with Gasteiger partial charge in [0.05, 0.1) is 0 Å². The molecule has 14 rings (SSSR count). The number of halogens is 1. The molecule has 4 aliphatic rings. The van der Waals surface area contributed by atoms with E-state index in [0.717, 1.165) is 24.2 Å². The standard InChI is InChI=1S/C18H11FN2O3.C18H12N2O3.C16H16N2O2.C14H12N2O3/c19-10-5-7-11(8-6-10)24-9-14-20-15-12-3-1-2-4-13(12)17(22)18(23)16(15)21-14;21-17-13-9-5-4-8-12(13)15-16(18(17)22)20-14(19-15)10-23-11-6-2-1-3-7-11;1-3-9(4-2)16-17-12-10-7-5-6-8-11(10)14(19)15(20)13(12)18-16;1-14(2,19)13-15-9-7-5-3-4-6-8(7)11(17)12(18)10(9)16-13/h1-8H,9H2,(H,20,21);1-9H,10H2,(H,19,20);5-9H,3-4H2,1-2H3,(H,17,18);3-6,19H,1-2H3,(H,15,16). The maximum absolute atomic E-state index is 12.9. The molecule has 20 heteroatoms. The molecule has 19 nitrogen and oxygen atoms in total. The number of rotatable bonds is 10. The average molecular weight is 1150 g/mol. The van der Waals surface area contributed by atoms with Gasteiger partial charge in [-0.2, -0.15) is 0 Å². The van der Waals surface area contributed by atoms with E-state index in [1.165, 1.54) is 24.3 Å². The molecule has 5 N–H and O–H groups in total. The van der Waals surface area contributed by atoms with Crippen molar-refractivity contribution in [3.8, 4) is 56.5 Å². The summed E-state index contributed by atoms with van der Waals surface area (Å²) in [7, 11) is 0. The van der Waals surface area contributed by atoms with Gasteiger partial charge in [0.25, 0.3) is 23.1 Å². The zero-order chi connectivity index (χ0) is 60.6. The largest absolute Gasteiger partial charge is 0.486 e. The lowest BCUT2D eigenvalue weighted by molar-refractivity contribution is 0.0693. The molecule has 4 heterocycles. The van der Waals surface area contributed by atoms with E-state index < -0.39 is 51.9 Å². The van der Waals surface area contributed by atoms with Gasteiger partial charge in [0.2, 0.25) is 23.1 Å². The molecular weight excluding hydrogens is 1100 g/mol. The van der Waals surface area contributed by atoms with Gasteiger partial charge in [-0.3, -0.25) is 38.4 Å². The highest BCUT2D eigenvalue weighted by atomic mass is 19.1.